The molecule has 2 N–H and O–H groups in total. The Kier molecular flexibility index (Phi) is 5.92. The number of rotatable bonds is 6. The number of carbonyl (C=O) groups is 1. The van der Waals surface area contributed by atoms with Crippen molar-refractivity contribution in [2.45, 2.75) is 24.6 Å². The molecular weight excluding hydrogens is 432 g/mol. The lowest BCUT2D eigenvalue weighted by molar-refractivity contribution is -0.131. The zero-order valence-electron chi connectivity index (χ0n) is 16.6. The smallest absolute Gasteiger partial charge is 0.264 e. The maximum absolute atomic E-state index is 14.0. The fraction of sp³-hybridized carbons (Fsp3) is 0.250. The van der Waals surface area contributed by atoms with Crippen LogP contribution in [0.5, 0.6) is 0 Å². The third-order valence-electron chi connectivity index (χ3n) is 5.29. The van der Waals surface area contributed by atoms with E-state index in [9.17, 15) is 26.8 Å². The number of sulfone groups is 1. The molecule has 3 rings (SSSR count). The zero-order chi connectivity index (χ0) is 23.0. The summed E-state index contributed by atoms with van der Waals surface area (Å²) in [6.45, 7) is 0.978. The molecule has 1 aromatic heterocycles. The largest absolute Gasteiger partial charge is 0.299 e. The molecule has 164 valence electrons. The van der Waals surface area contributed by atoms with Crippen molar-refractivity contribution in [3.8, 4) is 11.1 Å². The molecule has 0 saturated heterocycles. The Bertz CT molecular complexity index is 1340. The molecule has 0 aliphatic heterocycles. The van der Waals surface area contributed by atoms with Crippen LogP contribution < -0.4 is 11.0 Å². The van der Waals surface area contributed by atoms with Gasteiger partial charge in [0.05, 0.1) is 17.2 Å². The van der Waals surface area contributed by atoms with Crippen molar-refractivity contribution in [3.05, 3.63) is 64.7 Å². The van der Waals surface area contributed by atoms with Crippen molar-refractivity contribution in [1.29, 1.82) is 0 Å². The first-order valence-corrected chi connectivity index (χ1v) is 11.0. The van der Waals surface area contributed by atoms with Crippen molar-refractivity contribution in [2.75, 3.05) is 6.26 Å². The van der Waals surface area contributed by atoms with Gasteiger partial charge in [0.2, 0.25) is 0 Å². The Labute approximate surface area is 176 Å². The lowest BCUT2D eigenvalue weighted by atomic mass is 10.0. The molecule has 11 heteroatoms. The molecule has 31 heavy (non-hydrogen) atoms. The molecule has 0 fully saturated rings. The van der Waals surface area contributed by atoms with Gasteiger partial charge in [0.15, 0.2) is 14.6 Å². The molecule has 1 heterocycles. The minimum absolute atomic E-state index is 0.0202. The number of amides is 1. The molecule has 0 aliphatic carbocycles. The number of nitrogens with zero attached hydrogens (tertiary/aromatic N) is 2. The Morgan fingerprint density at radius 2 is 1.94 bits per heavy atom. The highest BCUT2D eigenvalue weighted by Gasteiger charge is 2.43. The number of carbonyl (C=O) groups excluding carboxylic acids is 1. The van der Waals surface area contributed by atoms with Crippen molar-refractivity contribution >= 4 is 26.6 Å². The Morgan fingerprint density at radius 3 is 2.58 bits per heavy atom. The molecule has 8 nitrogen and oxygen atoms in total. The number of hydrogen-bond acceptors (Lipinski definition) is 6. The Balaban J connectivity index is 1.98. The van der Waals surface area contributed by atoms with Gasteiger partial charge < -0.3 is 0 Å². The summed E-state index contributed by atoms with van der Waals surface area (Å²) in [5.41, 5.74) is 1.43. The fourth-order valence-corrected chi connectivity index (χ4v) is 3.97. The summed E-state index contributed by atoms with van der Waals surface area (Å²) in [5, 5.41) is 9.07. The van der Waals surface area contributed by atoms with Gasteiger partial charge in [-0.25, -0.2) is 27.7 Å². The van der Waals surface area contributed by atoms with E-state index in [1.165, 1.54) is 30.0 Å². The molecule has 3 aromatic rings. The third-order valence-corrected chi connectivity index (χ3v) is 7.32. The maximum Gasteiger partial charge on any atom is 0.264 e. The molecule has 0 spiro atoms. The highest BCUT2D eigenvalue weighted by molar-refractivity contribution is 7.92. The van der Waals surface area contributed by atoms with E-state index < -0.39 is 37.7 Å². The van der Waals surface area contributed by atoms with Crippen molar-refractivity contribution < 1.29 is 27.2 Å². The van der Waals surface area contributed by atoms with E-state index in [0.717, 1.165) is 35.9 Å². The van der Waals surface area contributed by atoms with Crippen LogP contribution in [0.15, 0.2) is 47.5 Å². The van der Waals surface area contributed by atoms with Gasteiger partial charge in [0.25, 0.3) is 11.5 Å². The molecule has 1 atom stereocenters. The minimum atomic E-state index is -3.92. The minimum Gasteiger partial charge on any atom is -0.299 e. The standard InChI is InChI=1S/C20H19F2N3O5S/c1-20(19(27)24-28,31(2,29)30)7-8-25-11-23-17-9-12(3-5-14(17)18(25)26)15-10-13(21)4-6-16(15)22/h3-6,9-11,28H,7-8H2,1-2H3,(H,24,27)/t20-/m0/s1. The number of benzene rings is 2. The number of nitrogens with one attached hydrogen (secondary N) is 1. The van der Waals surface area contributed by atoms with E-state index in [1.54, 1.807) is 0 Å². The van der Waals surface area contributed by atoms with E-state index >= 15 is 0 Å². The molecule has 2 aromatic carbocycles. The molecule has 0 radical (unpaired) electrons. The summed E-state index contributed by atoms with van der Waals surface area (Å²) >= 11 is 0. The van der Waals surface area contributed by atoms with E-state index in [-0.39, 0.29) is 29.4 Å². The first-order chi connectivity index (χ1) is 14.5. The predicted octanol–water partition coefficient (Wildman–Crippen LogP) is 2.04. The zero-order valence-corrected chi connectivity index (χ0v) is 17.4. The van der Waals surface area contributed by atoms with Gasteiger partial charge in [-0.2, -0.15) is 0 Å². The Morgan fingerprint density at radius 1 is 1.23 bits per heavy atom. The second-order valence-electron chi connectivity index (χ2n) is 7.29. The van der Waals surface area contributed by atoms with Crippen molar-refractivity contribution in [2.24, 2.45) is 0 Å². The number of aryl methyl sites for hydroxylation is 1. The quantitative estimate of drug-likeness (QED) is 0.437. The highest BCUT2D eigenvalue weighted by atomic mass is 32.2. The van der Waals surface area contributed by atoms with Gasteiger partial charge in [0, 0.05) is 18.4 Å². The molecule has 1 amide bonds. The number of fused-ring (bicyclic) bond motifs is 1. The summed E-state index contributed by atoms with van der Waals surface area (Å²) in [5.74, 6) is -2.35. The summed E-state index contributed by atoms with van der Waals surface area (Å²) < 4.78 is 50.8. The second kappa shape index (κ2) is 8.16. The maximum atomic E-state index is 14.0. The average molecular weight is 451 g/mol. The lowest BCUT2D eigenvalue weighted by Gasteiger charge is -2.25. The highest BCUT2D eigenvalue weighted by Crippen LogP contribution is 2.26. The summed E-state index contributed by atoms with van der Waals surface area (Å²) in [4.78, 5) is 28.9. The first kappa shape index (κ1) is 22.5. The van der Waals surface area contributed by atoms with Crippen LogP contribution in [0.25, 0.3) is 22.0 Å². The van der Waals surface area contributed by atoms with Crippen LogP contribution >= 0.6 is 0 Å². The van der Waals surface area contributed by atoms with Gasteiger partial charge in [-0.15, -0.1) is 0 Å². The van der Waals surface area contributed by atoms with Crippen LogP contribution in [-0.2, 0) is 21.2 Å². The van der Waals surface area contributed by atoms with E-state index in [4.69, 9.17) is 5.21 Å². The third kappa shape index (κ3) is 4.19. The normalized spacial score (nSPS) is 13.7. The average Bonchev–Trinajstić information content (AvgIpc) is 2.73. The second-order valence-corrected chi connectivity index (χ2v) is 9.74. The summed E-state index contributed by atoms with van der Waals surface area (Å²) in [6.07, 6.45) is 1.74. The van der Waals surface area contributed by atoms with Gasteiger partial charge in [-0.1, -0.05) is 6.07 Å². The number of hydroxylamine groups is 1. The number of aromatic nitrogens is 2. The van der Waals surface area contributed by atoms with Crippen LogP contribution in [0.4, 0.5) is 8.78 Å². The van der Waals surface area contributed by atoms with Crippen LogP contribution in [0.3, 0.4) is 0 Å². The van der Waals surface area contributed by atoms with Crippen molar-refractivity contribution in [1.82, 2.24) is 15.0 Å². The molecule has 0 unspecified atom stereocenters. The van der Waals surface area contributed by atoms with Crippen LogP contribution in [0.1, 0.15) is 13.3 Å². The van der Waals surface area contributed by atoms with Gasteiger partial charge >= 0.3 is 0 Å². The Hall–Kier alpha value is -3.18. The summed E-state index contributed by atoms with van der Waals surface area (Å²) in [7, 11) is -3.92. The first-order valence-electron chi connectivity index (χ1n) is 9.06. The summed E-state index contributed by atoms with van der Waals surface area (Å²) in [6, 6.07) is 7.35. The fourth-order valence-electron chi connectivity index (χ4n) is 3.12. The number of hydrogen-bond donors (Lipinski definition) is 2. The SMILES string of the molecule is C[C@](CCn1cnc2cc(-c3cc(F)ccc3F)ccc2c1=O)(C(=O)NO)S(C)(=O)=O. The molecule has 0 bridgehead atoms. The van der Waals surface area contributed by atoms with Crippen LogP contribution in [0.2, 0.25) is 0 Å². The van der Waals surface area contributed by atoms with E-state index in [0.29, 0.717) is 5.56 Å². The number of halogens is 2. The molecular formula is C20H19F2N3O5S. The molecule has 0 saturated carbocycles. The lowest BCUT2D eigenvalue weighted by Crippen LogP contribution is -2.50. The van der Waals surface area contributed by atoms with Crippen molar-refractivity contribution in [3.63, 3.8) is 0 Å². The van der Waals surface area contributed by atoms with Gasteiger partial charge in [0.1, 0.15) is 11.6 Å². The van der Waals surface area contributed by atoms with E-state index in [2.05, 4.69) is 4.98 Å². The molecule has 0 aliphatic rings. The monoisotopic (exact) mass is 451 g/mol. The van der Waals surface area contributed by atoms with Crippen LogP contribution in [0, 0.1) is 11.6 Å². The predicted molar refractivity (Wildman–Crippen MR) is 109 cm³/mol. The van der Waals surface area contributed by atoms with Gasteiger partial charge in [-0.3, -0.25) is 19.4 Å². The van der Waals surface area contributed by atoms with Gasteiger partial charge in [-0.05, 0) is 49.2 Å². The van der Waals surface area contributed by atoms with E-state index in [1.807, 2.05) is 0 Å². The topological polar surface area (TPSA) is 118 Å². The van der Waals surface area contributed by atoms with Crippen LogP contribution in [-0.4, -0.2) is 40.1 Å².